The van der Waals surface area contributed by atoms with Crippen LogP contribution in [0, 0.1) is 5.92 Å². The predicted molar refractivity (Wildman–Crippen MR) is 106 cm³/mol. The Morgan fingerprint density at radius 2 is 1.88 bits per heavy atom. The van der Waals surface area contributed by atoms with Crippen LogP contribution in [0.5, 0.6) is 0 Å². The minimum atomic E-state index is 0.287. The Morgan fingerprint density at radius 3 is 2.69 bits per heavy atom. The van der Waals surface area contributed by atoms with Gasteiger partial charge in [0.2, 0.25) is 5.91 Å². The van der Waals surface area contributed by atoms with Gasteiger partial charge in [-0.25, -0.2) is 4.98 Å². The van der Waals surface area contributed by atoms with E-state index >= 15 is 0 Å². The lowest BCUT2D eigenvalue weighted by Gasteiger charge is -2.34. The van der Waals surface area contributed by atoms with Crippen LogP contribution in [-0.2, 0) is 17.6 Å². The summed E-state index contributed by atoms with van der Waals surface area (Å²) in [5.74, 6) is 1.02. The van der Waals surface area contributed by atoms with E-state index in [1.165, 1.54) is 50.5 Å². The predicted octanol–water partition coefficient (Wildman–Crippen LogP) is 4.85. The van der Waals surface area contributed by atoms with Crippen LogP contribution < -0.4 is 0 Å². The molecule has 1 saturated carbocycles. The van der Waals surface area contributed by atoms with Crippen molar-refractivity contribution < 1.29 is 4.79 Å². The summed E-state index contributed by atoms with van der Waals surface area (Å²) in [6.07, 6.45) is 10.4. The average molecular weight is 369 g/mol. The molecule has 1 aliphatic heterocycles. The van der Waals surface area contributed by atoms with E-state index in [0.29, 0.717) is 12.5 Å². The van der Waals surface area contributed by atoms with Gasteiger partial charge in [-0.2, -0.15) is 0 Å². The number of hydrogen-bond acceptors (Lipinski definition) is 3. The van der Waals surface area contributed by atoms with Crippen LogP contribution in [-0.4, -0.2) is 28.4 Å². The second-order valence-electron chi connectivity index (χ2n) is 7.77. The van der Waals surface area contributed by atoms with Gasteiger partial charge in [0.15, 0.2) is 0 Å². The number of carbonyl (C=O) groups is 1. The Kier molecular flexibility index (Phi) is 5.68. The smallest absolute Gasteiger partial charge is 0.228 e. The number of amides is 1. The van der Waals surface area contributed by atoms with E-state index in [1.807, 2.05) is 6.07 Å². The quantitative estimate of drug-likeness (QED) is 0.756. The van der Waals surface area contributed by atoms with E-state index < -0.39 is 0 Å². The number of thiazole rings is 1. The highest BCUT2D eigenvalue weighted by Crippen LogP contribution is 2.34. The third-order valence-corrected chi connectivity index (χ3v) is 6.84. The minimum absolute atomic E-state index is 0.287. The fourth-order valence-electron chi connectivity index (χ4n) is 4.65. The van der Waals surface area contributed by atoms with E-state index in [1.54, 1.807) is 11.3 Å². The van der Waals surface area contributed by atoms with Crippen LogP contribution >= 0.6 is 11.3 Å². The largest absolute Gasteiger partial charge is 0.339 e. The molecule has 1 unspecified atom stereocenters. The summed E-state index contributed by atoms with van der Waals surface area (Å²) in [6.45, 7) is 0.945. The summed E-state index contributed by atoms with van der Waals surface area (Å²) < 4.78 is 0. The number of hydrogen-bond donors (Lipinski definition) is 0. The number of aromatic nitrogens is 1. The lowest BCUT2D eigenvalue weighted by molar-refractivity contribution is -0.132. The molecule has 1 amide bonds. The standard InChI is InChI=1S/C22H28N2OS/c25-22(24-13-7-12-20(24)18-10-5-2-6-11-18)15-19-16-26-21(23-19)14-17-8-3-1-4-9-17/h1,3-4,8-9,16,18,20H,2,5-7,10-15H2. The zero-order valence-corrected chi connectivity index (χ0v) is 16.2. The third kappa shape index (κ3) is 4.17. The van der Waals surface area contributed by atoms with Crippen molar-refractivity contribution >= 4 is 17.2 Å². The molecule has 2 aromatic rings. The molecule has 1 saturated heterocycles. The zero-order valence-electron chi connectivity index (χ0n) is 15.4. The summed E-state index contributed by atoms with van der Waals surface area (Å²) in [4.78, 5) is 19.8. The Morgan fingerprint density at radius 1 is 1.08 bits per heavy atom. The van der Waals surface area contributed by atoms with Crippen LogP contribution in [0.25, 0.3) is 0 Å². The first-order valence-electron chi connectivity index (χ1n) is 10.1. The molecular weight excluding hydrogens is 340 g/mol. The highest BCUT2D eigenvalue weighted by Gasteiger charge is 2.35. The maximum atomic E-state index is 12.9. The lowest BCUT2D eigenvalue weighted by Crippen LogP contribution is -2.41. The highest BCUT2D eigenvalue weighted by atomic mass is 32.1. The van der Waals surface area contributed by atoms with E-state index in [-0.39, 0.29) is 5.91 Å². The summed E-state index contributed by atoms with van der Waals surface area (Å²) >= 11 is 1.68. The van der Waals surface area contributed by atoms with Gasteiger partial charge in [0.05, 0.1) is 17.1 Å². The van der Waals surface area contributed by atoms with Crippen molar-refractivity contribution in [3.8, 4) is 0 Å². The highest BCUT2D eigenvalue weighted by molar-refractivity contribution is 7.09. The van der Waals surface area contributed by atoms with Crippen LogP contribution in [0.2, 0.25) is 0 Å². The van der Waals surface area contributed by atoms with Gasteiger partial charge in [0, 0.05) is 24.4 Å². The van der Waals surface area contributed by atoms with E-state index in [2.05, 4.69) is 34.5 Å². The van der Waals surface area contributed by atoms with Gasteiger partial charge in [-0.05, 0) is 37.2 Å². The summed E-state index contributed by atoms with van der Waals surface area (Å²) in [5, 5.41) is 3.17. The van der Waals surface area contributed by atoms with Gasteiger partial charge in [0.25, 0.3) is 0 Å². The molecule has 26 heavy (non-hydrogen) atoms. The molecule has 0 spiro atoms. The molecule has 0 bridgehead atoms. The Hall–Kier alpha value is -1.68. The Bertz CT molecular complexity index is 721. The third-order valence-electron chi connectivity index (χ3n) is 5.94. The fourth-order valence-corrected chi connectivity index (χ4v) is 5.48. The first-order valence-corrected chi connectivity index (χ1v) is 10.9. The number of carbonyl (C=O) groups excluding carboxylic acids is 1. The normalized spacial score (nSPS) is 21.2. The van der Waals surface area contributed by atoms with Crippen molar-refractivity contribution in [3.63, 3.8) is 0 Å². The molecule has 4 rings (SSSR count). The van der Waals surface area contributed by atoms with Gasteiger partial charge in [0.1, 0.15) is 0 Å². The number of rotatable bonds is 5. The second kappa shape index (κ2) is 8.34. The summed E-state index contributed by atoms with van der Waals surface area (Å²) in [5.41, 5.74) is 2.22. The maximum Gasteiger partial charge on any atom is 0.228 e. The molecule has 3 nitrogen and oxygen atoms in total. The van der Waals surface area contributed by atoms with E-state index in [9.17, 15) is 4.79 Å². The second-order valence-corrected chi connectivity index (χ2v) is 8.71. The number of benzene rings is 1. The summed E-state index contributed by atoms with van der Waals surface area (Å²) in [7, 11) is 0. The average Bonchev–Trinajstić information content (AvgIpc) is 3.33. The Balaban J connectivity index is 1.37. The lowest BCUT2D eigenvalue weighted by atomic mass is 9.83. The van der Waals surface area contributed by atoms with Gasteiger partial charge < -0.3 is 4.90 Å². The van der Waals surface area contributed by atoms with Gasteiger partial charge in [-0.1, -0.05) is 49.6 Å². The molecule has 0 N–H and O–H groups in total. The van der Waals surface area contributed by atoms with Crippen LogP contribution in [0.3, 0.4) is 0 Å². The number of nitrogens with zero attached hydrogens (tertiary/aromatic N) is 2. The molecule has 1 aliphatic carbocycles. The molecule has 138 valence electrons. The molecule has 2 heterocycles. The molecule has 1 aromatic heterocycles. The fraction of sp³-hybridized carbons (Fsp3) is 0.545. The van der Waals surface area contributed by atoms with Gasteiger partial charge in [-0.3, -0.25) is 4.79 Å². The first kappa shape index (κ1) is 17.7. The maximum absolute atomic E-state index is 12.9. The van der Waals surface area contributed by atoms with Crippen molar-refractivity contribution in [2.45, 2.75) is 63.8 Å². The van der Waals surface area contributed by atoms with E-state index in [4.69, 9.17) is 4.98 Å². The number of likely N-dealkylation sites (tertiary alicyclic amines) is 1. The molecule has 2 aliphatic rings. The molecule has 4 heteroatoms. The van der Waals surface area contributed by atoms with Crippen molar-refractivity contribution in [1.29, 1.82) is 0 Å². The van der Waals surface area contributed by atoms with Gasteiger partial charge in [-0.15, -0.1) is 11.3 Å². The van der Waals surface area contributed by atoms with E-state index in [0.717, 1.165) is 29.6 Å². The van der Waals surface area contributed by atoms with Crippen LogP contribution in [0.15, 0.2) is 35.7 Å². The van der Waals surface area contributed by atoms with Gasteiger partial charge >= 0.3 is 0 Å². The molecular formula is C22H28N2OS. The molecule has 1 atom stereocenters. The monoisotopic (exact) mass is 368 g/mol. The SMILES string of the molecule is O=C(Cc1csc(Cc2ccccc2)n1)N1CCCC1C1CCCCC1. The zero-order chi connectivity index (χ0) is 17.8. The van der Waals surface area contributed by atoms with Crippen molar-refractivity contribution in [3.05, 3.63) is 52.0 Å². The van der Waals surface area contributed by atoms with Crippen LogP contribution in [0.1, 0.15) is 61.2 Å². The Labute approximate surface area is 160 Å². The molecule has 0 radical (unpaired) electrons. The molecule has 1 aromatic carbocycles. The molecule has 2 fully saturated rings. The van der Waals surface area contributed by atoms with Crippen molar-refractivity contribution in [2.75, 3.05) is 6.54 Å². The summed E-state index contributed by atoms with van der Waals surface area (Å²) in [6, 6.07) is 10.9. The van der Waals surface area contributed by atoms with Crippen LogP contribution in [0.4, 0.5) is 0 Å². The van der Waals surface area contributed by atoms with Crippen molar-refractivity contribution in [1.82, 2.24) is 9.88 Å². The first-order chi connectivity index (χ1) is 12.8. The minimum Gasteiger partial charge on any atom is -0.339 e. The topological polar surface area (TPSA) is 33.2 Å². The van der Waals surface area contributed by atoms with Crippen molar-refractivity contribution in [2.24, 2.45) is 5.92 Å².